The van der Waals surface area contributed by atoms with E-state index in [2.05, 4.69) is 5.32 Å². The lowest BCUT2D eigenvalue weighted by atomic mass is 9.99. The SMILES string of the molecule is O=C(O)[C@H]1CCCN(C(=O)NCc2ccc(F)cc2F)C1. The molecular weight excluding hydrogens is 282 g/mol. The number of carbonyl (C=O) groups excluding carboxylic acids is 1. The lowest BCUT2D eigenvalue weighted by Gasteiger charge is -2.30. The molecule has 1 aliphatic rings. The van der Waals surface area contributed by atoms with Crippen LogP contribution < -0.4 is 5.32 Å². The smallest absolute Gasteiger partial charge is 0.317 e. The first-order valence-electron chi connectivity index (χ1n) is 6.67. The van der Waals surface area contributed by atoms with Crippen LogP contribution in [0, 0.1) is 17.6 Å². The van der Waals surface area contributed by atoms with Gasteiger partial charge in [0, 0.05) is 31.3 Å². The van der Waals surface area contributed by atoms with E-state index in [0.717, 1.165) is 12.1 Å². The maximum Gasteiger partial charge on any atom is 0.317 e. The van der Waals surface area contributed by atoms with Crippen LogP contribution in [0.5, 0.6) is 0 Å². The maximum atomic E-state index is 13.4. The van der Waals surface area contributed by atoms with Gasteiger partial charge in [-0.1, -0.05) is 6.07 Å². The van der Waals surface area contributed by atoms with Crippen molar-refractivity contribution >= 4 is 12.0 Å². The number of urea groups is 1. The van der Waals surface area contributed by atoms with Gasteiger partial charge in [0.15, 0.2) is 0 Å². The number of carbonyl (C=O) groups is 2. The second-order valence-electron chi connectivity index (χ2n) is 5.02. The van der Waals surface area contributed by atoms with Gasteiger partial charge in [-0.3, -0.25) is 4.79 Å². The van der Waals surface area contributed by atoms with Crippen molar-refractivity contribution in [2.45, 2.75) is 19.4 Å². The van der Waals surface area contributed by atoms with Gasteiger partial charge in [0.2, 0.25) is 0 Å². The van der Waals surface area contributed by atoms with Crippen molar-refractivity contribution in [3.63, 3.8) is 0 Å². The molecule has 0 radical (unpaired) electrons. The molecule has 2 rings (SSSR count). The summed E-state index contributed by atoms with van der Waals surface area (Å²) in [5.74, 6) is -2.88. The van der Waals surface area contributed by atoms with Gasteiger partial charge in [-0.2, -0.15) is 0 Å². The van der Waals surface area contributed by atoms with E-state index in [0.29, 0.717) is 19.4 Å². The average molecular weight is 298 g/mol. The zero-order valence-electron chi connectivity index (χ0n) is 11.3. The fraction of sp³-hybridized carbons (Fsp3) is 0.429. The molecule has 0 bridgehead atoms. The summed E-state index contributed by atoms with van der Waals surface area (Å²) >= 11 is 0. The number of hydrogen-bond acceptors (Lipinski definition) is 2. The molecule has 1 fully saturated rings. The third-order valence-corrected chi connectivity index (χ3v) is 3.50. The molecule has 2 amide bonds. The minimum atomic E-state index is -0.919. The second kappa shape index (κ2) is 6.51. The van der Waals surface area contributed by atoms with Crippen LogP contribution in [0.15, 0.2) is 18.2 Å². The van der Waals surface area contributed by atoms with E-state index in [1.54, 1.807) is 0 Å². The Morgan fingerprint density at radius 2 is 2.14 bits per heavy atom. The first-order valence-corrected chi connectivity index (χ1v) is 6.67. The first-order chi connectivity index (χ1) is 9.97. The van der Waals surface area contributed by atoms with Crippen molar-refractivity contribution in [1.82, 2.24) is 10.2 Å². The molecule has 0 unspecified atom stereocenters. The number of amides is 2. The Balaban J connectivity index is 1.90. The molecule has 21 heavy (non-hydrogen) atoms. The second-order valence-corrected chi connectivity index (χ2v) is 5.02. The van der Waals surface area contributed by atoms with Crippen molar-refractivity contribution in [3.05, 3.63) is 35.4 Å². The van der Waals surface area contributed by atoms with E-state index in [1.165, 1.54) is 11.0 Å². The van der Waals surface area contributed by atoms with Crippen LogP contribution in [0.3, 0.4) is 0 Å². The van der Waals surface area contributed by atoms with E-state index in [1.807, 2.05) is 0 Å². The number of halogens is 2. The first kappa shape index (κ1) is 15.2. The number of likely N-dealkylation sites (tertiary alicyclic amines) is 1. The third kappa shape index (κ3) is 3.90. The summed E-state index contributed by atoms with van der Waals surface area (Å²) in [4.78, 5) is 24.3. The van der Waals surface area contributed by atoms with Gasteiger partial charge < -0.3 is 15.3 Å². The third-order valence-electron chi connectivity index (χ3n) is 3.50. The Bertz CT molecular complexity index is 551. The van der Waals surface area contributed by atoms with E-state index < -0.39 is 29.6 Å². The van der Waals surface area contributed by atoms with Crippen LogP contribution in [0.4, 0.5) is 13.6 Å². The lowest BCUT2D eigenvalue weighted by Crippen LogP contribution is -2.46. The standard InChI is InChI=1S/C14H16F2N2O3/c15-11-4-3-9(12(16)6-11)7-17-14(21)18-5-1-2-10(8-18)13(19)20/h3-4,6,10H,1-2,5,7-8H2,(H,17,21)(H,19,20)/t10-/m0/s1. The molecular formula is C14H16F2N2O3. The maximum absolute atomic E-state index is 13.4. The highest BCUT2D eigenvalue weighted by Crippen LogP contribution is 2.17. The lowest BCUT2D eigenvalue weighted by molar-refractivity contribution is -0.143. The Kier molecular flexibility index (Phi) is 4.72. The number of nitrogens with one attached hydrogen (secondary N) is 1. The van der Waals surface area contributed by atoms with Gasteiger partial charge in [-0.15, -0.1) is 0 Å². The van der Waals surface area contributed by atoms with Gasteiger partial charge in [-0.05, 0) is 18.9 Å². The fourth-order valence-corrected chi connectivity index (χ4v) is 2.31. The van der Waals surface area contributed by atoms with E-state index in [-0.39, 0.29) is 18.7 Å². The number of nitrogens with zero attached hydrogens (tertiary/aromatic N) is 1. The number of carboxylic acids is 1. The summed E-state index contributed by atoms with van der Waals surface area (Å²) in [6, 6.07) is 2.69. The van der Waals surface area contributed by atoms with Crippen molar-refractivity contribution in [3.8, 4) is 0 Å². The molecule has 0 spiro atoms. The number of aliphatic carboxylic acids is 1. The molecule has 0 aromatic heterocycles. The molecule has 2 N–H and O–H groups in total. The Morgan fingerprint density at radius 3 is 2.81 bits per heavy atom. The minimum Gasteiger partial charge on any atom is -0.481 e. The van der Waals surface area contributed by atoms with Gasteiger partial charge in [0.1, 0.15) is 11.6 Å². The average Bonchev–Trinajstić information content (AvgIpc) is 2.46. The van der Waals surface area contributed by atoms with Crippen molar-refractivity contribution < 1.29 is 23.5 Å². The van der Waals surface area contributed by atoms with Crippen LogP contribution in [-0.4, -0.2) is 35.1 Å². The van der Waals surface area contributed by atoms with E-state index in [4.69, 9.17) is 5.11 Å². The number of hydrogen-bond donors (Lipinski definition) is 2. The van der Waals surface area contributed by atoms with Crippen LogP contribution in [0.1, 0.15) is 18.4 Å². The summed E-state index contributed by atoms with van der Waals surface area (Å²) in [6.07, 6.45) is 1.17. The molecule has 1 aromatic carbocycles. The fourth-order valence-electron chi connectivity index (χ4n) is 2.31. The van der Waals surface area contributed by atoms with Gasteiger partial charge >= 0.3 is 12.0 Å². The van der Waals surface area contributed by atoms with Crippen molar-refractivity contribution in [2.75, 3.05) is 13.1 Å². The minimum absolute atomic E-state index is 0.0703. The summed E-state index contributed by atoms with van der Waals surface area (Å²) in [5.41, 5.74) is 0.177. The van der Waals surface area contributed by atoms with Crippen LogP contribution in [-0.2, 0) is 11.3 Å². The summed E-state index contributed by atoms with van der Waals surface area (Å²) < 4.78 is 26.2. The number of carboxylic acid groups (broad SMARTS) is 1. The zero-order chi connectivity index (χ0) is 15.4. The summed E-state index contributed by atoms with van der Waals surface area (Å²) in [5, 5.41) is 11.5. The predicted molar refractivity (Wildman–Crippen MR) is 70.5 cm³/mol. The number of benzene rings is 1. The van der Waals surface area contributed by atoms with Crippen LogP contribution in [0.2, 0.25) is 0 Å². The Hall–Kier alpha value is -2.18. The highest BCUT2D eigenvalue weighted by Gasteiger charge is 2.27. The molecule has 0 aliphatic carbocycles. The molecule has 0 saturated carbocycles. The van der Waals surface area contributed by atoms with Crippen LogP contribution >= 0.6 is 0 Å². The summed E-state index contributed by atoms with van der Waals surface area (Å²) in [6.45, 7) is 0.549. The highest BCUT2D eigenvalue weighted by atomic mass is 19.1. The monoisotopic (exact) mass is 298 g/mol. The highest BCUT2D eigenvalue weighted by molar-refractivity contribution is 5.76. The topological polar surface area (TPSA) is 69.6 Å². The normalized spacial score (nSPS) is 18.4. The molecule has 1 atom stereocenters. The molecule has 114 valence electrons. The largest absolute Gasteiger partial charge is 0.481 e. The quantitative estimate of drug-likeness (QED) is 0.896. The molecule has 1 aliphatic heterocycles. The Labute approximate surface area is 120 Å². The van der Waals surface area contributed by atoms with E-state index in [9.17, 15) is 18.4 Å². The van der Waals surface area contributed by atoms with Gasteiger partial charge in [-0.25, -0.2) is 13.6 Å². The Morgan fingerprint density at radius 1 is 1.38 bits per heavy atom. The van der Waals surface area contributed by atoms with E-state index >= 15 is 0 Å². The number of rotatable bonds is 3. The molecule has 1 saturated heterocycles. The van der Waals surface area contributed by atoms with Gasteiger partial charge in [0.25, 0.3) is 0 Å². The summed E-state index contributed by atoms with van der Waals surface area (Å²) in [7, 11) is 0. The molecule has 1 heterocycles. The number of piperidine rings is 1. The molecule has 7 heteroatoms. The predicted octanol–water partition coefficient (Wildman–Crippen LogP) is 1.97. The van der Waals surface area contributed by atoms with Crippen LogP contribution in [0.25, 0.3) is 0 Å². The molecule has 1 aromatic rings. The van der Waals surface area contributed by atoms with Crippen molar-refractivity contribution in [1.29, 1.82) is 0 Å². The zero-order valence-corrected chi connectivity index (χ0v) is 11.3. The van der Waals surface area contributed by atoms with Crippen molar-refractivity contribution in [2.24, 2.45) is 5.92 Å². The van der Waals surface area contributed by atoms with Gasteiger partial charge in [0.05, 0.1) is 5.92 Å². The molecule has 5 nitrogen and oxygen atoms in total.